The van der Waals surface area contributed by atoms with Crippen molar-refractivity contribution in [2.45, 2.75) is 17.0 Å². The molecule has 8 heteroatoms. The molecule has 0 radical (unpaired) electrons. The Kier molecular flexibility index (Phi) is 4.20. The molecule has 0 aliphatic rings. The first-order chi connectivity index (χ1) is 9.08. The lowest BCUT2D eigenvalue weighted by molar-refractivity contribution is 0.766. The van der Waals surface area contributed by atoms with Gasteiger partial charge in [0, 0.05) is 33.9 Å². The highest BCUT2D eigenvalue weighted by Crippen LogP contribution is 2.25. The molecular formula is C11H17N7S. The quantitative estimate of drug-likeness (QED) is 0.883. The normalized spacial score (nSPS) is 10.5. The minimum absolute atomic E-state index is 0.590. The van der Waals surface area contributed by atoms with Crippen molar-refractivity contribution in [2.75, 3.05) is 30.9 Å². The molecular weight excluding hydrogens is 262 g/mol. The maximum Gasteiger partial charge on any atom is 0.230 e. The van der Waals surface area contributed by atoms with Gasteiger partial charge in [0.15, 0.2) is 5.16 Å². The van der Waals surface area contributed by atoms with Crippen LogP contribution in [-0.2, 0) is 7.05 Å². The molecule has 0 saturated carbocycles. The first-order valence-electron chi connectivity index (χ1n) is 5.92. The van der Waals surface area contributed by atoms with Gasteiger partial charge in [0.05, 0.1) is 11.1 Å². The number of hydrogen-bond donors (Lipinski definition) is 1. The summed E-state index contributed by atoms with van der Waals surface area (Å²) in [5.74, 6) is 1.23. The molecule has 102 valence electrons. The molecule has 0 saturated heterocycles. The van der Waals surface area contributed by atoms with Crippen molar-refractivity contribution in [1.29, 1.82) is 0 Å². The highest BCUT2D eigenvalue weighted by atomic mass is 32.2. The molecule has 0 aliphatic carbocycles. The average molecular weight is 279 g/mol. The first-order valence-corrected chi connectivity index (χ1v) is 6.74. The van der Waals surface area contributed by atoms with Crippen LogP contribution in [0.15, 0.2) is 22.4 Å². The van der Waals surface area contributed by atoms with Crippen LogP contribution in [0, 0.1) is 0 Å². The zero-order valence-electron chi connectivity index (χ0n) is 11.5. The monoisotopic (exact) mass is 279 g/mol. The van der Waals surface area contributed by atoms with Crippen molar-refractivity contribution >= 4 is 23.7 Å². The Morgan fingerprint density at radius 1 is 1.32 bits per heavy atom. The predicted octanol–water partition coefficient (Wildman–Crippen LogP) is 1.25. The second-order valence-electron chi connectivity index (χ2n) is 4.12. The highest BCUT2D eigenvalue weighted by Gasteiger charge is 2.09. The lowest BCUT2D eigenvalue weighted by atomic mass is 10.7. The smallest absolute Gasteiger partial charge is 0.230 e. The van der Waals surface area contributed by atoms with E-state index in [1.807, 2.05) is 39.2 Å². The van der Waals surface area contributed by atoms with E-state index in [0.29, 0.717) is 17.1 Å². The Balaban J connectivity index is 2.27. The van der Waals surface area contributed by atoms with E-state index in [-0.39, 0.29) is 0 Å². The van der Waals surface area contributed by atoms with E-state index in [9.17, 15) is 0 Å². The molecule has 0 fully saturated rings. The third-order valence-corrected chi connectivity index (χ3v) is 3.04. The van der Waals surface area contributed by atoms with Gasteiger partial charge in [-0.1, -0.05) is 0 Å². The number of aryl methyl sites for hydroxylation is 1. The zero-order chi connectivity index (χ0) is 13.8. The maximum absolute atomic E-state index is 4.41. The van der Waals surface area contributed by atoms with Gasteiger partial charge in [-0.3, -0.25) is 4.68 Å². The van der Waals surface area contributed by atoms with E-state index in [2.05, 4.69) is 25.4 Å². The van der Waals surface area contributed by atoms with E-state index in [1.165, 1.54) is 11.8 Å². The van der Waals surface area contributed by atoms with Gasteiger partial charge in [0.25, 0.3) is 0 Å². The molecule has 0 aliphatic heterocycles. The van der Waals surface area contributed by atoms with Crippen LogP contribution in [0.3, 0.4) is 0 Å². The largest absolute Gasteiger partial charge is 0.354 e. The summed E-state index contributed by atoms with van der Waals surface area (Å²) >= 11 is 1.47. The van der Waals surface area contributed by atoms with Gasteiger partial charge < -0.3 is 10.2 Å². The number of anilines is 2. The van der Waals surface area contributed by atoms with E-state index < -0.39 is 0 Å². The van der Waals surface area contributed by atoms with Crippen LogP contribution >= 0.6 is 11.8 Å². The van der Waals surface area contributed by atoms with Crippen LogP contribution in [0.25, 0.3) is 0 Å². The maximum atomic E-state index is 4.41. The Labute approximate surface area is 116 Å². The Morgan fingerprint density at radius 3 is 2.68 bits per heavy atom. The van der Waals surface area contributed by atoms with Crippen LogP contribution in [0.1, 0.15) is 6.92 Å². The number of aromatic nitrogens is 5. The number of rotatable bonds is 5. The Morgan fingerprint density at radius 2 is 2.11 bits per heavy atom. The molecule has 2 aromatic rings. The predicted molar refractivity (Wildman–Crippen MR) is 75.6 cm³/mol. The third kappa shape index (κ3) is 3.57. The summed E-state index contributed by atoms with van der Waals surface area (Å²) < 4.78 is 1.75. The molecule has 0 spiro atoms. The minimum atomic E-state index is 0.590. The third-order valence-electron chi connectivity index (χ3n) is 2.23. The van der Waals surface area contributed by atoms with Crippen LogP contribution < -0.4 is 10.2 Å². The molecule has 0 atom stereocenters. The molecule has 1 N–H and O–H groups in total. The molecule has 0 aromatic carbocycles. The summed E-state index contributed by atoms with van der Waals surface area (Å²) in [5, 5.41) is 7.89. The molecule has 2 aromatic heterocycles. The fourth-order valence-electron chi connectivity index (χ4n) is 1.39. The lowest BCUT2D eigenvalue weighted by Crippen LogP contribution is -2.15. The Bertz CT molecular complexity index is 552. The van der Waals surface area contributed by atoms with E-state index >= 15 is 0 Å². The van der Waals surface area contributed by atoms with Gasteiger partial charge in [0.2, 0.25) is 11.9 Å². The standard InChI is InChI=1S/C11H17N7S/c1-5-12-9-14-10(17(2)3)16-11(15-9)19-8-6-13-18(4)7-8/h6-7H,5H2,1-4H3,(H,12,14,15,16). The van der Waals surface area contributed by atoms with Gasteiger partial charge >= 0.3 is 0 Å². The summed E-state index contributed by atoms with van der Waals surface area (Å²) in [5.41, 5.74) is 0. The molecule has 0 unspecified atom stereocenters. The number of hydrogen-bond acceptors (Lipinski definition) is 7. The van der Waals surface area contributed by atoms with Gasteiger partial charge in [0.1, 0.15) is 0 Å². The summed E-state index contributed by atoms with van der Waals surface area (Å²) in [6.45, 7) is 2.78. The van der Waals surface area contributed by atoms with E-state index in [1.54, 1.807) is 10.9 Å². The lowest BCUT2D eigenvalue weighted by Gasteiger charge is -2.12. The molecule has 2 rings (SSSR count). The van der Waals surface area contributed by atoms with Gasteiger partial charge in [-0.05, 0) is 18.7 Å². The number of nitrogens with zero attached hydrogens (tertiary/aromatic N) is 6. The summed E-state index contributed by atoms with van der Waals surface area (Å²) in [7, 11) is 5.69. The molecule has 0 amide bonds. The van der Waals surface area contributed by atoms with Crippen LogP contribution in [-0.4, -0.2) is 45.4 Å². The van der Waals surface area contributed by atoms with Crippen molar-refractivity contribution in [3.8, 4) is 0 Å². The molecule has 19 heavy (non-hydrogen) atoms. The second-order valence-corrected chi connectivity index (χ2v) is 5.16. The van der Waals surface area contributed by atoms with Gasteiger partial charge in [-0.2, -0.15) is 20.1 Å². The fraction of sp³-hybridized carbons (Fsp3) is 0.455. The van der Waals surface area contributed by atoms with Crippen molar-refractivity contribution in [2.24, 2.45) is 7.05 Å². The fourth-order valence-corrected chi connectivity index (χ4v) is 2.16. The SMILES string of the molecule is CCNc1nc(Sc2cnn(C)c2)nc(N(C)C)n1. The topological polar surface area (TPSA) is 71.8 Å². The highest BCUT2D eigenvalue weighted by molar-refractivity contribution is 7.99. The zero-order valence-corrected chi connectivity index (χ0v) is 12.3. The molecule has 0 bridgehead atoms. The van der Waals surface area contributed by atoms with Crippen molar-refractivity contribution in [1.82, 2.24) is 24.7 Å². The van der Waals surface area contributed by atoms with Crippen LogP contribution in [0.4, 0.5) is 11.9 Å². The first kappa shape index (κ1) is 13.6. The van der Waals surface area contributed by atoms with Crippen LogP contribution in [0.2, 0.25) is 0 Å². The van der Waals surface area contributed by atoms with Crippen molar-refractivity contribution in [3.63, 3.8) is 0 Å². The minimum Gasteiger partial charge on any atom is -0.354 e. The second kappa shape index (κ2) is 5.87. The Hall–Kier alpha value is -1.83. The van der Waals surface area contributed by atoms with Crippen molar-refractivity contribution < 1.29 is 0 Å². The summed E-state index contributed by atoms with van der Waals surface area (Å²) in [6.07, 6.45) is 3.72. The molecule has 2 heterocycles. The van der Waals surface area contributed by atoms with Gasteiger partial charge in [-0.15, -0.1) is 0 Å². The van der Waals surface area contributed by atoms with Crippen LogP contribution in [0.5, 0.6) is 0 Å². The van der Waals surface area contributed by atoms with E-state index in [4.69, 9.17) is 0 Å². The molecule has 7 nitrogen and oxygen atoms in total. The summed E-state index contributed by atoms with van der Waals surface area (Å²) in [4.78, 5) is 16.0. The average Bonchev–Trinajstić information content (AvgIpc) is 2.75. The van der Waals surface area contributed by atoms with Crippen molar-refractivity contribution in [3.05, 3.63) is 12.4 Å². The summed E-state index contributed by atoms with van der Waals surface area (Å²) in [6, 6.07) is 0. The van der Waals surface area contributed by atoms with E-state index in [0.717, 1.165) is 11.4 Å². The number of nitrogens with one attached hydrogen (secondary N) is 1. The van der Waals surface area contributed by atoms with Gasteiger partial charge in [-0.25, -0.2) is 0 Å².